The number of hydrogen-bond donors (Lipinski definition) is 1. The van der Waals surface area contributed by atoms with E-state index in [4.69, 9.17) is 16.3 Å². The van der Waals surface area contributed by atoms with Crippen LogP contribution in [0, 0.1) is 0 Å². The minimum Gasteiger partial charge on any atom is -0.483 e. The number of halogens is 2. The van der Waals surface area contributed by atoms with Gasteiger partial charge in [-0.2, -0.15) is 0 Å². The number of nitrogens with one attached hydrogen (secondary N) is 1. The lowest BCUT2D eigenvalue weighted by atomic mass is 9.87. The standard InChI is InChI=1S/C29H32BrClN2O3/c1-29(2,3)22-12-15-26(24(30)17-22)36-19-27(34)33(18-21-10-13-23(31)14-11-21)25(28(35)32-4)16-20-8-6-5-7-9-20/h5-15,17,25H,16,18-19H2,1-4H3,(H,32,35). The maximum atomic E-state index is 13.6. The van der Waals surface area contributed by atoms with Crippen LogP contribution < -0.4 is 10.1 Å². The minimum absolute atomic E-state index is 0.00950. The van der Waals surface area contributed by atoms with Gasteiger partial charge in [0.15, 0.2) is 6.61 Å². The molecule has 0 saturated heterocycles. The summed E-state index contributed by atoms with van der Waals surface area (Å²) in [6.07, 6.45) is 0.379. The van der Waals surface area contributed by atoms with Gasteiger partial charge in [-0.3, -0.25) is 9.59 Å². The fourth-order valence-electron chi connectivity index (χ4n) is 3.81. The number of ether oxygens (including phenoxy) is 1. The Hall–Kier alpha value is -2.83. The average Bonchev–Trinajstić information content (AvgIpc) is 2.86. The molecule has 2 amide bonds. The van der Waals surface area contributed by atoms with Crippen molar-refractivity contribution in [1.29, 1.82) is 0 Å². The average molecular weight is 572 g/mol. The van der Waals surface area contributed by atoms with Gasteiger partial charge in [0.2, 0.25) is 5.91 Å². The maximum absolute atomic E-state index is 13.6. The Morgan fingerprint density at radius 2 is 1.67 bits per heavy atom. The predicted octanol–water partition coefficient (Wildman–Crippen LogP) is 6.16. The molecule has 190 valence electrons. The fourth-order valence-corrected chi connectivity index (χ4v) is 4.43. The van der Waals surface area contributed by atoms with Crippen LogP contribution in [0.25, 0.3) is 0 Å². The molecule has 0 fully saturated rings. The van der Waals surface area contributed by atoms with Crippen LogP contribution in [0.3, 0.4) is 0 Å². The topological polar surface area (TPSA) is 58.6 Å². The van der Waals surface area contributed by atoms with Crippen LogP contribution in [0.4, 0.5) is 0 Å². The molecule has 36 heavy (non-hydrogen) atoms. The number of nitrogens with zero attached hydrogens (tertiary/aromatic N) is 1. The van der Waals surface area contributed by atoms with Crippen molar-refractivity contribution in [3.63, 3.8) is 0 Å². The summed E-state index contributed by atoms with van der Waals surface area (Å²) in [7, 11) is 1.58. The number of rotatable bonds is 9. The van der Waals surface area contributed by atoms with Gasteiger partial charge in [-0.1, -0.05) is 80.9 Å². The summed E-state index contributed by atoms with van der Waals surface area (Å²) in [6.45, 7) is 6.45. The van der Waals surface area contributed by atoms with Crippen molar-refractivity contribution in [1.82, 2.24) is 10.2 Å². The van der Waals surface area contributed by atoms with Crippen LogP contribution in [0.2, 0.25) is 5.02 Å². The third-order valence-corrected chi connectivity index (χ3v) is 6.80. The van der Waals surface area contributed by atoms with Crippen LogP contribution >= 0.6 is 27.5 Å². The van der Waals surface area contributed by atoms with Gasteiger partial charge in [0.05, 0.1) is 4.47 Å². The second kappa shape index (κ2) is 12.4. The summed E-state index contributed by atoms with van der Waals surface area (Å²) in [5.74, 6) is 0.0421. The Morgan fingerprint density at radius 3 is 2.25 bits per heavy atom. The number of hydrogen-bond acceptors (Lipinski definition) is 3. The predicted molar refractivity (Wildman–Crippen MR) is 148 cm³/mol. The van der Waals surface area contributed by atoms with Crippen LogP contribution in [0.1, 0.15) is 37.5 Å². The molecule has 0 aliphatic heterocycles. The highest BCUT2D eigenvalue weighted by Gasteiger charge is 2.30. The first-order valence-electron chi connectivity index (χ1n) is 11.8. The first-order valence-corrected chi connectivity index (χ1v) is 13.0. The van der Waals surface area contributed by atoms with Gasteiger partial charge in [-0.15, -0.1) is 0 Å². The first-order chi connectivity index (χ1) is 17.1. The molecule has 0 radical (unpaired) electrons. The largest absolute Gasteiger partial charge is 0.483 e. The Bertz CT molecular complexity index is 1180. The van der Waals surface area contributed by atoms with Crippen molar-refractivity contribution >= 4 is 39.3 Å². The van der Waals surface area contributed by atoms with Crippen LogP contribution in [-0.2, 0) is 28.0 Å². The zero-order valence-corrected chi connectivity index (χ0v) is 23.4. The zero-order chi connectivity index (χ0) is 26.3. The van der Waals surface area contributed by atoms with Gasteiger partial charge in [0, 0.05) is 25.0 Å². The summed E-state index contributed by atoms with van der Waals surface area (Å²) in [6, 6.07) is 22.1. The lowest BCUT2D eigenvalue weighted by Gasteiger charge is -2.31. The van der Waals surface area contributed by atoms with Crippen molar-refractivity contribution < 1.29 is 14.3 Å². The molecule has 0 aliphatic rings. The summed E-state index contributed by atoms with van der Waals surface area (Å²) < 4.78 is 6.70. The second-order valence-electron chi connectivity index (χ2n) is 9.65. The summed E-state index contributed by atoms with van der Waals surface area (Å²) in [4.78, 5) is 28.1. The number of carbonyl (C=O) groups is 2. The molecule has 7 heteroatoms. The number of amides is 2. The molecule has 3 aromatic carbocycles. The van der Waals surface area contributed by atoms with Crippen LogP contribution in [0.5, 0.6) is 5.75 Å². The lowest BCUT2D eigenvalue weighted by Crippen LogP contribution is -2.51. The molecule has 5 nitrogen and oxygen atoms in total. The van der Waals surface area contributed by atoms with Gasteiger partial charge >= 0.3 is 0 Å². The highest BCUT2D eigenvalue weighted by Crippen LogP contribution is 2.31. The Balaban J connectivity index is 1.86. The van der Waals surface area contributed by atoms with E-state index in [2.05, 4.69) is 42.0 Å². The van der Waals surface area contributed by atoms with Gasteiger partial charge in [-0.25, -0.2) is 0 Å². The molecule has 1 unspecified atom stereocenters. The maximum Gasteiger partial charge on any atom is 0.261 e. The third-order valence-electron chi connectivity index (χ3n) is 5.93. The fraction of sp³-hybridized carbons (Fsp3) is 0.310. The minimum atomic E-state index is -0.712. The van der Waals surface area contributed by atoms with Crippen LogP contribution in [-0.4, -0.2) is 36.4 Å². The van der Waals surface area contributed by atoms with Crippen molar-refractivity contribution in [3.8, 4) is 5.75 Å². The van der Waals surface area contributed by atoms with E-state index in [1.165, 1.54) is 0 Å². The lowest BCUT2D eigenvalue weighted by molar-refractivity contribution is -0.142. The zero-order valence-electron chi connectivity index (χ0n) is 21.1. The molecule has 1 atom stereocenters. The van der Waals surface area contributed by atoms with E-state index < -0.39 is 6.04 Å². The molecular weight excluding hydrogens is 540 g/mol. The SMILES string of the molecule is CNC(=O)C(Cc1ccccc1)N(Cc1ccc(Cl)cc1)C(=O)COc1ccc(C(C)(C)C)cc1Br. The first kappa shape index (κ1) is 27.8. The van der Waals surface area contributed by atoms with Gasteiger partial charge in [0.25, 0.3) is 5.91 Å². The molecule has 3 rings (SSSR count). The van der Waals surface area contributed by atoms with E-state index in [0.29, 0.717) is 17.2 Å². The van der Waals surface area contributed by atoms with E-state index in [1.54, 1.807) is 24.1 Å². The molecule has 0 aliphatic carbocycles. The Labute approximate surface area is 226 Å². The van der Waals surface area contributed by atoms with Crippen molar-refractivity contribution in [2.24, 2.45) is 0 Å². The molecule has 0 spiro atoms. The Kier molecular flexibility index (Phi) is 9.57. The van der Waals surface area contributed by atoms with Gasteiger partial charge in [-0.05, 0) is 62.3 Å². The van der Waals surface area contributed by atoms with E-state index in [0.717, 1.165) is 21.2 Å². The molecule has 3 aromatic rings. The summed E-state index contributed by atoms with van der Waals surface area (Å²) in [5.41, 5.74) is 2.97. The van der Waals surface area contributed by atoms with Crippen molar-refractivity contribution in [2.75, 3.05) is 13.7 Å². The van der Waals surface area contributed by atoms with E-state index in [9.17, 15) is 9.59 Å². The van der Waals surface area contributed by atoms with Crippen LogP contribution in [0.15, 0.2) is 77.3 Å². The highest BCUT2D eigenvalue weighted by atomic mass is 79.9. The Morgan fingerprint density at radius 1 is 1.00 bits per heavy atom. The normalized spacial score (nSPS) is 12.1. The van der Waals surface area contributed by atoms with E-state index in [-0.39, 0.29) is 30.4 Å². The highest BCUT2D eigenvalue weighted by molar-refractivity contribution is 9.10. The van der Waals surface area contributed by atoms with E-state index in [1.807, 2.05) is 60.7 Å². The van der Waals surface area contributed by atoms with Crippen molar-refractivity contribution in [2.45, 2.75) is 45.2 Å². The molecule has 1 N–H and O–H groups in total. The smallest absolute Gasteiger partial charge is 0.261 e. The molecule has 0 bridgehead atoms. The second-order valence-corrected chi connectivity index (χ2v) is 10.9. The number of carbonyl (C=O) groups excluding carboxylic acids is 2. The monoisotopic (exact) mass is 570 g/mol. The molecule has 0 saturated carbocycles. The summed E-state index contributed by atoms with van der Waals surface area (Å²) in [5, 5.41) is 3.32. The number of benzene rings is 3. The van der Waals surface area contributed by atoms with Crippen molar-refractivity contribution in [3.05, 3.63) is 99.0 Å². The molecule has 0 heterocycles. The third kappa shape index (κ3) is 7.58. The van der Waals surface area contributed by atoms with Gasteiger partial charge < -0.3 is 15.0 Å². The summed E-state index contributed by atoms with van der Waals surface area (Å²) >= 11 is 9.62. The molecular formula is C29H32BrClN2O3. The molecule has 0 aromatic heterocycles. The van der Waals surface area contributed by atoms with Gasteiger partial charge in [0.1, 0.15) is 11.8 Å². The quantitative estimate of drug-likeness (QED) is 0.334. The van der Waals surface area contributed by atoms with E-state index >= 15 is 0 Å². The number of likely N-dealkylation sites (N-methyl/N-ethyl adjacent to an activating group) is 1.